The van der Waals surface area contributed by atoms with Crippen LogP contribution in [0, 0.1) is 0 Å². The lowest BCUT2D eigenvalue weighted by Crippen LogP contribution is -2.46. The molecule has 0 radical (unpaired) electrons. The van der Waals surface area contributed by atoms with Gasteiger partial charge in [-0.2, -0.15) is 0 Å². The molecule has 2 amide bonds. The maximum absolute atomic E-state index is 13.4. The van der Waals surface area contributed by atoms with Gasteiger partial charge in [0.05, 0.1) is 24.9 Å². The molecule has 8 nitrogen and oxygen atoms in total. The van der Waals surface area contributed by atoms with E-state index in [0.717, 1.165) is 30.6 Å². The fourth-order valence-electron chi connectivity index (χ4n) is 4.42. The second-order valence-electron chi connectivity index (χ2n) is 8.60. The highest BCUT2D eigenvalue weighted by atomic mass is 16.6. The van der Waals surface area contributed by atoms with Crippen molar-refractivity contribution in [3.8, 4) is 5.75 Å². The maximum atomic E-state index is 13.4. The fraction of sp³-hybridized carbons (Fsp3) is 0.619. The number of alkyl carbamates (subject to hydrolysis) is 1. The Bertz CT molecular complexity index is 764. The van der Waals surface area contributed by atoms with Gasteiger partial charge in [-0.25, -0.2) is 4.79 Å². The molecule has 29 heavy (non-hydrogen) atoms. The van der Waals surface area contributed by atoms with Crippen LogP contribution in [0.5, 0.6) is 5.75 Å². The molecule has 3 N–H and O–H groups in total. The Labute approximate surface area is 172 Å². The monoisotopic (exact) mass is 404 g/mol. The molecule has 3 atom stereocenters. The van der Waals surface area contributed by atoms with E-state index in [4.69, 9.17) is 9.47 Å². The van der Waals surface area contributed by atoms with Crippen LogP contribution in [0.2, 0.25) is 0 Å². The molecule has 8 heteroatoms. The standard InChI is InChI=1S/C21H32N4O4/c1-21(2,3)29-20(27)24-14-11-13-7-8-16(14)25(13)19(26)12-9-15(22-4)18(23-5)17(10-12)28-6/h9-10,13-14,16,22-23H,7-8,11H2,1-6H3,(H,24,27)/t13-,14+,16+/m0/s1. The second kappa shape index (κ2) is 8.00. The van der Waals surface area contributed by atoms with Crippen molar-refractivity contribution in [2.24, 2.45) is 0 Å². The number of benzene rings is 1. The molecule has 160 valence electrons. The lowest BCUT2D eigenvalue weighted by atomic mass is 9.96. The van der Waals surface area contributed by atoms with Crippen LogP contribution in [-0.2, 0) is 4.74 Å². The lowest BCUT2D eigenvalue weighted by Gasteiger charge is -2.27. The Hall–Kier alpha value is -2.64. The summed E-state index contributed by atoms with van der Waals surface area (Å²) < 4.78 is 10.9. The molecule has 1 aromatic carbocycles. The second-order valence-corrected chi connectivity index (χ2v) is 8.60. The SMILES string of the molecule is CNc1cc(C(=O)N2[C@H]3CC[C@@H]2[C@H](NC(=O)OC(C)(C)C)C3)cc(OC)c1NC. The lowest BCUT2D eigenvalue weighted by molar-refractivity contribution is 0.0484. The number of carbonyl (C=O) groups excluding carboxylic acids is 2. The summed E-state index contributed by atoms with van der Waals surface area (Å²) in [5.74, 6) is 0.570. The molecule has 2 heterocycles. The molecule has 2 aliphatic rings. The molecule has 3 rings (SSSR count). The topological polar surface area (TPSA) is 91.9 Å². The van der Waals surface area contributed by atoms with Crippen LogP contribution in [0.3, 0.4) is 0 Å². The quantitative estimate of drug-likeness (QED) is 0.699. The summed E-state index contributed by atoms with van der Waals surface area (Å²) in [6, 6.07) is 3.62. The predicted molar refractivity (Wildman–Crippen MR) is 113 cm³/mol. The zero-order valence-electron chi connectivity index (χ0n) is 18.1. The van der Waals surface area contributed by atoms with Crippen LogP contribution in [-0.4, -0.2) is 61.8 Å². The number of carbonyl (C=O) groups is 2. The predicted octanol–water partition coefficient (Wildman–Crippen LogP) is 3.05. The largest absolute Gasteiger partial charge is 0.494 e. The van der Waals surface area contributed by atoms with Gasteiger partial charge >= 0.3 is 6.09 Å². The van der Waals surface area contributed by atoms with Crippen LogP contribution in [0.25, 0.3) is 0 Å². The molecule has 2 fully saturated rings. The Morgan fingerprint density at radius 2 is 1.86 bits per heavy atom. The fourth-order valence-corrected chi connectivity index (χ4v) is 4.42. The first-order valence-corrected chi connectivity index (χ1v) is 10.1. The van der Waals surface area contributed by atoms with Gasteiger partial charge in [0, 0.05) is 25.7 Å². The van der Waals surface area contributed by atoms with Crippen molar-refractivity contribution in [2.75, 3.05) is 31.8 Å². The Morgan fingerprint density at radius 3 is 2.45 bits per heavy atom. The van der Waals surface area contributed by atoms with E-state index in [-0.39, 0.29) is 24.0 Å². The average molecular weight is 405 g/mol. The first-order valence-electron chi connectivity index (χ1n) is 10.1. The molecule has 1 aromatic rings. The minimum Gasteiger partial charge on any atom is -0.494 e. The number of fused-ring (bicyclic) bond motifs is 2. The number of nitrogens with one attached hydrogen (secondary N) is 3. The maximum Gasteiger partial charge on any atom is 0.407 e. The molecular weight excluding hydrogens is 372 g/mol. The number of hydrogen-bond donors (Lipinski definition) is 3. The number of hydrogen-bond acceptors (Lipinski definition) is 6. The zero-order valence-corrected chi connectivity index (χ0v) is 18.1. The Morgan fingerprint density at radius 1 is 1.14 bits per heavy atom. The van der Waals surface area contributed by atoms with Gasteiger partial charge in [0.15, 0.2) is 0 Å². The summed E-state index contributed by atoms with van der Waals surface area (Å²) in [6.07, 6.45) is 2.15. The summed E-state index contributed by atoms with van der Waals surface area (Å²) in [7, 11) is 5.21. The highest BCUT2D eigenvalue weighted by molar-refractivity contribution is 5.98. The van der Waals surface area contributed by atoms with Crippen molar-refractivity contribution in [1.82, 2.24) is 10.2 Å². The van der Waals surface area contributed by atoms with E-state index < -0.39 is 11.7 Å². The molecular formula is C21H32N4O4. The highest BCUT2D eigenvalue weighted by Gasteiger charge is 2.49. The smallest absolute Gasteiger partial charge is 0.407 e. The van der Waals surface area contributed by atoms with Gasteiger partial charge in [0.2, 0.25) is 0 Å². The van der Waals surface area contributed by atoms with Crippen molar-refractivity contribution in [1.29, 1.82) is 0 Å². The average Bonchev–Trinajstić information content (AvgIpc) is 3.22. The van der Waals surface area contributed by atoms with E-state index in [2.05, 4.69) is 16.0 Å². The third-order valence-electron chi connectivity index (χ3n) is 5.56. The molecule has 0 saturated carbocycles. The number of anilines is 2. The van der Waals surface area contributed by atoms with E-state index in [1.54, 1.807) is 13.2 Å². The first kappa shape index (κ1) is 21.1. The van der Waals surface area contributed by atoms with Crippen LogP contribution in [0.1, 0.15) is 50.4 Å². The summed E-state index contributed by atoms with van der Waals surface area (Å²) in [5.41, 5.74) is 1.62. The van der Waals surface area contributed by atoms with E-state index in [9.17, 15) is 9.59 Å². The highest BCUT2D eigenvalue weighted by Crippen LogP contribution is 2.40. The van der Waals surface area contributed by atoms with Crippen molar-refractivity contribution in [3.63, 3.8) is 0 Å². The van der Waals surface area contributed by atoms with E-state index in [1.807, 2.05) is 45.8 Å². The summed E-state index contributed by atoms with van der Waals surface area (Å²) >= 11 is 0. The van der Waals surface area contributed by atoms with Gasteiger partial charge in [-0.15, -0.1) is 0 Å². The molecule has 0 spiro atoms. The summed E-state index contributed by atoms with van der Waals surface area (Å²) in [5, 5.41) is 9.18. The van der Waals surface area contributed by atoms with E-state index in [1.165, 1.54) is 0 Å². The Balaban J connectivity index is 1.79. The van der Waals surface area contributed by atoms with Crippen LogP contribution in [0.15, 0.2) is 12.1 Å². The van der Waals surface area contributed by atoms with Crippen LogP contribution < -0.4 is 20.7 Å². The summed E-state index contributed by atoms with van der Waals surface area (Å²) in [6.45, 7) is 5.51. The summed E-state index contributed by atoms with van der Waals surface area (Å²) in [4.78, 5) is 27.5. The molecule has 2 saturated heterocycles. The first-order chi connectivity index (χ1) is 13.7. The normalized spacial score (nSPS) is 23.0. The van der Waals surface area contributed by atoms with Gasteiger partial charge in [-0.3, -0.25) is 4.79 Å². The van der Waals surface area contributed by atoms with E-state index in [0.29, 0.717) is 11.3 Å². The minimum atomic E-state index is -0.549. The molecule has 0 unspecified atom stereocenters. The number of ether oxygens (including phenoxy) is 2. The zero-order chi connectivity index (χ0) is 21.3. The third kappa shape index (κ3) is 4.21. The van der Waals surface area contributed by atoms with Gasteiger partial charge in [0.1, 0.15) is 17.0 Å². The van der Waals surface area contributed by atoms with E-state index >= 15 is 0 Å². The number of rotatable bonds is 5. The molecule has 2 bridgehead atoms. The number of nitrogens with zero attached hydrogens (tertiary/aromatic N) is 1. The van der Waals surface area contributed by atoms with Crippen molar-refractivity contribution in [3.05, 3.63) is 17.7 Å². The minimum absolute atomic E-state index is 0.0203. The van der Waals surface area contributed by atoms with Crippen molar-refractivity contribution >= 4 is 23.4 Å². The molecule has 0 aromatic heterocycles. The van der Waals surface area contributed by atoms with Crippen LogP contribution >= 0.6 is 0 Å². The molecule has 0 aliphatic carbocycles. The van der Waals surface area contributed by atoms with Crippen LogP contribution in [0.4, 0.5) is 16.2 Å². The van der Waals surface area contributed by atoms with Crippen molar-refractivity contribution < 1.29 is 19.1 Å². The third-order valence-corrected chi connectivity index (χ3v) is 5.56. The molecule has 2 aliphatic heterocycles. The van der Waals surface area contributed by atoms with Gasteiger partial charge < -0.3 is 30.3 Å². The van der Waals surface area contributed by atoms with Gasteiger partial charge in [-0.05, 0) is 52.2 Å². The number of methoxy groups -OCH3 is 1. The Kier molecular flexibility index (Phi) is 5.82. The van der Waals surface area contributed by atoms with Crippen molar-refractivity contribution in [2.45, 2.75) is 63.8 Å². The van der Waals surface area contributed by atoms with Gasteiger partial charge in [0.25, 0.3) is 5.91 Å². The number of amides is 2. The van der Waals surface area contributed by atoms with Gasteiger partial charge in [-0.1, -0.05) is 0 Å².